The molecule has 40 heavy (non-hydrogen) atoms. The molecule has 1 aromatic carbocycles. The van der Waals surface area contributed by atoms with E-state index in [-0.39, 0.29) is 37.1 Å². The van der Waals surface area contributed by atoms with Gasteiger partial charge in [-0.05, 0) is 58.0 Å². The van der Waals surface area contributed by atoms with Crippen LogP contribution in [0.3, 0.4) is 0 Å². The van der Waals surface area contributed by atoms with E-state index in [0.29, 0.717) is 19.4 Å². The number of likely N-dealkylation sites (N-methyl/N-ethyl adjacent to an activating group) is 1. The number of carbonyl (C=O) groups is 4. The van der Waals surface area contributed by atoms with E-state index in [4.69, 9.17) is 24.1 Å². The van der Waals surface area contributed by atoms with E-state index in [9.17, 15) is 29.4 Å². The summed E-state index contributed by atoms with van der Waals surface area (Å²) in [6.45, 7) is 4.09. The molecule has 0 amide bonds. The van der Waals surface area contributed by atoms with Crippen molar-refractivity contribution < 1.29 is 53.4 Å². The minimum absolute atomic E-state index is 0. The monoisotopic (exact) mass is 561 g/mol. The zero-order valence-electron chi connectivity index (χ0n) is 22.0. The first kappa shape index (κ1) is 29.3. The van der Waals surface area contributed by atoms with Crippen molar-refractivity contribution in [3.05, 3.63) is 35.1 Å². The molecule has 1 saturated heterocycles. The predicted molar refractivity (Wildman–Crippen MR) is 137 cm³/mol. The molecule has 2 aliphatic heterocycles. The molecule has 12 heteroatoms. The van der Waals surface area contributed by atoms with Gasteiger partial charge in [0.25, 0.3) is 0 Å². The SMILES string of the molecule is C.CC(=O)O[C@@H](C(=O)O[C@@H](C)C(=O)O)[C@@H](C)C(=O)OC1=CC[C@@]2(O)[C@H]3Cc4ccc(O)c5c4[C@@]2(CCN3C)[C@H]1O5. The maximum Gasteiger partial charge on any atom is 0.349 e. The van der Waals surface area contributed by atoms with Crippen molar-refractivity contribution in [3.63, 3.8) is 0 Å². The third-order valence-corrected chi connectivity index (χ3v) is 8.56. The average molecular weight is 562 g/mol. The molecule has 0 saturated carbocycles. The molecule has 2 bridgehead atoms. The molecule has 7 atom stereocenters. The smallest absolute Gasteiger partial charge is 0.349 e. The molecule has 0 aromatic heterocycles. The average Bonchev–Trinajstić information content (AvgIpc) is 3.23. The normalized spacial score (nSPS) is 29.8. The Morgan fingerprint density at radius 3 is 2.50 bits per heavy atom. The van der Waals surface area contributed by atoms with Crippen molar-refractivity contribution in [1.82, 2.24) is 4.90 Å². The lowest BCUT2D eigenvalue weighted by Gasteiger charge is -2.61. The number of nitrogens with zero attached hydrogens (tertiary/aromatic N) is 1. The lowest BCUT2D eigenvalue weighted by atomic mass is 9.50. The Balaban J connectivity index is 0.00000370. The highest BCUT2D eigenvalue weighted by molar-refractivity contribution is 5.87. The number of benzene rings is 1. The summed E-state index contributed by atoms with van der Waals surface area (Å²) in [4.78, 5) is 50.8. The number of esters is 3. The second kappa shape index (κ2) is 10.1. The van der Waals surface area contributed by atoms with E-state index < -0.39 is 59.1 Å². The van der Waals surface area contributed by atoms with Gasteiger partial charge in [0.05, 0.1) is 11.0 Å². The number of aliphatic hydroxyl groups is 1. The van der Waals surface area contributed by atoms with E-state index in [1.807, 2.05) is 13.1 Å². The van der Waals surface area contributed by atoms with Crippen molar-refractivity contribution >= 4 is 23.9 Å². The number of phenols is 1. The molecule has 5 rings (SSSR count). The van der Waals surface area contributed by atoms with Crippen LogP contribution in [0.1, 0.15) is 52.2 Å². The molecular formula is C28H35NO11. The maximum atomic E-state index is 13.3. The molecule has 12 nitrogen and oxygen atoms in total. The fraction of sp³-hybridized carbons (Fsp3) is 0.571. The van der Waals surface area contributed by atoms with E-state index >= 15 is 0 Å². The molecule has 3 N–H and O–H groups in total. The number of carboxylic acids is 1. The summed E-state index contributed by atoms with van der Waals surface area (Å²) in [5.74, 6) is -5.54. The zero-order valence-corrected chi connectivity index (χ0v) is 22.0. The van der Waals surface area contributed by atoms with Crippen LogP contribution in [0, 0.1) is 5.92 Å². The van der Waals surface area contributed by atoms with Crippen molar-refractivity contribution in [3.8, 4) is 11.5 Å². The van der Waals surface area contributed by atoms with E-state index in [1.165, 1.54) is 6.92 Å². The van der Waals surface area contributed by atoms with Gasteiger partial charge in [0, 0.05) is 24.9 Å². The number of hydrogen-bond acceptors (Lipinski definition) is 11. The van der Waals surface area contributed by atoms with Crippen LogP contribution in [-0.2, 0) is 45.2 Å². The molecule has 0 unspecified atom stereocenters. The minimum Gasteiger partial charge on any atom is -0.504 e. The van der Waals surface area contributed by atoms with E-state index in [2.05, 4.69) is 4.90 Å². The Labute approximate surface area is 231 Å². The molecule has 1 aromatic rings. The number of hydrogen-bond donors (Lipinski definition) is 3. The number of aliphatic carboxylic acids is 1. The van der Waals surface area contributed by atoms with E-state index in [1.54, 1.807) is 12.1 Å². The number of piperidine rings is 1. The van der Waals surface area contributed by atoms with E-state index in [0.717, 1.165) is 25.0 Å². The third-order valence-electron chi connectivity index (χ3n) is 8.56. The van der Waals surface area contributed by atoms with Crippen LogP contribution >= 0.6 is 0 Å². The van der Waals surface area contributed by atoms with Gasteiger partial charge < -0.3 is 39.2 Å². The first-order valence-corrected chi connectivity index (χ1v) is 12.8. The summed E-state index contributed by atoms with van der Waals surface area (Å²) in [7, 11) is 1.95. The van der Waals surface area contributed by atoms with Crippen molar-refractivity contribution in [2.45, 2.75) is 82.8 Å². The molecule has 4 aliphatic rings. The number of aromatic hydroxyl groups is 1. The predicted octanol–water partition coefficient (Wildman–Crippen LogP) is 1.43. The number of rotatable bonds is 7. The van der Waals surface area contributed by atoms with Crippen LogP contribution in [0.15, 0.2) is 24.0 Å². The highest BCUT2D eigenvalue weighted by Gasteiger charge is 2.72. The van der Waals surface area contributed by atoms with Gasteiger partial charge in [-0.3, -0.25) is 9.59 Å². The van der Waals surface area contributed by atoms with Gasteiger partial charge in [0.1, 0.15) is 11.7 Å². The van der Waals surface area contributed by atoms with Crippen LogP contribution in [0.2, 0.25) is 0 Å². The van der Waals surface area contributed by atoms with Gasteiger partial charge in [-0.25, -0.2) is 9.59 Å². The van der Waals surface area contributed by atoms with Crippen LogP contribution in [0.5, 0.6) is 11.5 Å². The first-order chi connectivity index (χ1) is 18.3. The largest absolute Gasteiger partial charge is 0.504 e. The second-order valence-corrected chi connectivity index (χ2v) is 10.8. The van der Waals surface area contributed by atoms with Crippen molar-refractivity contribution in [2.75, 3.05) is 13.6 Å². The van der Waals surface area contributed by atoms with Crippen LogP contribution in [-0.4, -0.2) is 87.6 Å². The number of ether oxygens (including phenoxy) is 4. The quantitative estimate of drug-likeness (QED) is 0.324. The van der Waals surface area contributed by atoms with Crippen molar-refractivity contribution in [2.24, 2.45) is 5.92 Å². The lowest BCUT2D eigenvalue weighted by molar-refractivity contribution is -0.183. The Hall–Kier alpha value is -3.64. The zero-order chi connectivity index (χ0) is 28.4. The molecule has 2 aliphatic carbocycles. The van der Waals surface area contributed by atoms with Gasteiger partial charge in [0.2, 0.25) is 6.10 Å². The second-order valence-electron chi connectivity index (χ2n) is 10.8. The number of likely N-dealkylation sites (tertiary alicyclic amines) is 1. The van der Waals surface area contributed by atoms with Crippen LogP contribution < -0.4 is 4.74 Å². The summed E-state index contributed by atoms with van der Waals surface area (Å²) >= 11 is 0. The highest BCUT2D eigenvalue weighted by atomic mass is 16.6. The van der Waals surface area contributed by atoms with Gasteiger partial charge >= 0.3 is 23.9 Å². The first-order valence-electron chi connectivity index (χ1n) is 12.8. The molecule has 2 heterocycles. The summed E-state index contributed by atoms with van der Waals surface area (Å²) in [6, 6.07) is 3.15. The molecule has 1 spiro atoms. The fourth-order valence-electron chi connectivity index (χ4n) is 6.59. The number of phenolic OH excluding ortho intramolecular Hbond substituents is 1. The number of carbonyl (C=O) groups excluding carboxylic acids is 3. The summed E-state index contributed by atoms with van der Waals surface area (Å²) in [6.07, 6.45) is -1.45. The minimum atomic E-state index is -1.75. The van der Waals surface area contributed by atoms with Crippen molar-refractivity contribution in [1.29, 1.82) is 0 Å². The molecule has 218 valence electrons. The standard InChI is InChI=1S/C27H31NO11.CH4/c1-12(20(37-14(3)29)25(34)36-13(2)23(31)32)24(33)38-17-7-8-27(35)18-11-15-5-6-16(30)21-19(15)26(27,22(17)39-21)9-10-28(18)4;/h5-7,12-13,18,20,22,30,35H,8-11H2,1-4H3,(H,31,32);1H4/t12-,13+,18-,20-,22+,26+,27-;/m1./s1. The highest BCUT2D eigenvalue weighted by Crippen LogP contribution is 2.65. The maximum absolute atomic E-state index is 13.3. The molecule has 1 fully saturated rings. The van der Waals surface area contributed by atoms with Gasteiger partial charge in [0.15, 0.2) is 23.7 Å². The third kappa shape index (κ3) is 4.12. The van der Waals surface area contributed by atoms with Crippen LogP contribution in [0.4, 0.5) is 0 Å². The summed E-state index contributed by atoms with van der Waals surface area (Å²) < 4.78 is 21.8. The number of carboxylic acid groups (broad SMARTS) is 1. The Morgan fingerprint density at radius 1 is 1.15 bits per heavy atom. The Kier molecular flexibility index (Phi) is 7.39. The lowest BCUT2D eigenvalue weighted by Crippen LogP contribution is -2.74. The van der Waals surface area contributed by atoms with Gasteiger partial charge in [-0.1, -0.05) is 13.5 Å². The Morgan fingerprint density at radius 2 is 1.85 bits per heavy atom. The molecule has 0 radical (unpaired) electrons. The fourth-order valence-corrected chi connectivity index (χ4v) is 6.59. The summed E-state index contributed by atoms with van der Waals surface area (Å²) in [5, 5.41) is 31.9. The Bertz CT molecular complexity index is 1290. The molecular weight excluding hydrogens is 526 g/mol. The van der Waals surface area contributed by atoms with Gasteiger partial charge in [-0.2, -0.15) is 0 Å². The topological polar surface area (TPSA) is 169 Å². The van der Waals surface area contributed by atoms with Crippen LogP contribution in [0.25, 0.3) is 0 Å². The van der Waals surface area contributed by atoms with Gasteiger partial charge in [-0.15, -0.1) is 0 Å². The summed E-state index contributed by atoms with van der Waals surface area (Å²) in [5.41, 5.74) is -0.574.